The molecule has 1 aromatic rings. The van der Waals surface area contributed by atoms with Crippen LogP contribution in [0.5, 0.6) is 0 Å². The van der Waals surface area contributed by atoms with Crippen molar-refractivity contribution in [2.45, 2.75) is 13.3 Å². The summed E-state index contributed by atoms with van der Waals surface area (Å²) in [6.07, 6.45) is 3.81. The van der Waals surface area contributed by atoms with Gasteiger partial charge in [-0.25, -0.2) is 4.98 Å². The highest BCUT2D eigenvalue weighted by Gasteiger charge is 2.18. The summed E-state index contributed by atoms with van der Waals surface area (Å²) in [4.78, 5) is 18.2. The van der Waals surface area contributed by atoms with Crippen LogP contribution in [-0.4, -0.2) is 29.1 Å². The van der Waals surface area contributed by atoms with Crippen molar-refractivity contribution >= 4 is 5.97 Å². The van der Waals surface area contributed by atoms with Gasteiger partial charge in [0.15, 0.2) is 0 Å². The third-order valence-corrected chi connectivity index (χ3v) is 1.93. The van der Waals surface area contributed by atoms with E-state index in [9.17, 15) is 4.79 Å². The van der Waals surface area contributed by atoms with Crippen LogP contribution in [0.15, 0.2) is 12.5 Å². The molecule has 0 spiro atoms. The molecule has 3 N–H and O–H groups in total. The van der Waals surface area contributed by atoms with Crippen LogP contribution >= 0.6 is 0 Å². The van der Waals surface area contributed by atoms with Gasteiger partial charge in [-0.2, -0.15) is 0 Å². The monoisotopic (exact) mass is 197 g/mol. The van der Waals surface area contributed by atoms with Crippen molar-refractivity contribution in [2.24, 2.45) is 11.7 Å². The molecular formula is C9H15N3O2. The fourth-order valence-corrected chi connectivity index (χ4v) is 1.18. The van der Waals surface area contributed by atoms with Crippen LogP contribution in [0.2, 0.25) is 0 Å². The van der Waals surface area contributed by atoms with Gasteiger partial charge in [0.25, 0.3) is 0 Å². The van der Waals surface area contributed by atoms with Crippen molar-refractivity contribution in [3.8, 4) is 0 Å². The van der Waals surface area contributed by atoms with Gasteiger partial charge in [-0.3, -0.25) is 4.79 Å². The molecule has 0 saturated carbocycles. The maximum atomic E-state index is 11.4. The van der Waals surface area contributed by atoms with Gasteiger partial charge < -0.3 is 15.5 Å². The zero-order valence-corrected chi connectivity index (χ0v) is 8.19. The molecule has 0 amide bonds. The second-order valence-corrected chi connectivity index (χ2v) is 2.97. The molecule has 0 aliphatic carbocycles. The van der Waals surface area contributed by atoms with E-state index in [1.807, 2.05) is 0 Å². The number of hydrogen-bond acceptors (Lipinski definition) is 4. The van der Waals surface area contributed by atoms with E-state index < -0.39 is 0 Å². The van der Waals surface area contributed by atoms with E-state index in [4.69, 9.17) is 10.5 Å². The second-order valence-electron chi connectivity index (χ2n) is 2.97. The van der Waals surface area contributed by atoms with Crippen LogP contribution in [0.1, 0.15) is 12.6 Å². The molecular weight excluding hydrogens is 182 g/mol. The first-order valence-electron chi connectivity index (χ1n) is 4.61. The molecule has 14 heavy (non-hydrogen) atoms. The Kier molecular flexibility index (Phi) is 4.12. The summed E-state index contributed by atoms with van der Waals surface area (Å²) < 4.78 is 4.89. The van der Waals surface area contributed by atoms with Crippen molar-refractivity contribution in [2.75, 3.05) is 13.2 Å². The Hall–Kier alpha value is -1.36. The summed E-state index contributed by atoms with van der Waals surface area (Å²) in [6, 6.07) is 0. The highest BCUT2D eigenvalue weighted by Crippen LogP contribution is 2.06. The van der Waals surface area contributed by atoms with Gasteiger partial charge >= 0.3 is 5.97 Å². The van der Waals surface area contributed by atoms with Crippen molar-refractivity contribution in [1.82, 2.24) is 9.97 Å². The van der Waals surface area contributed by atoms with E-state index in [0.717, 1.165) is 5.69 Å². The molecule has 0 saturated heterocycles. The van der Waals surface area contributed by atoms with Gasteiger partial charge in [0.05, 0.1) is 18.9 Å². The SMILES string of the molecule is CCOC(=O)C(CN)Cc1cnc[nH]1. The van der Waals surface area contributed by atoms with E-state index >= 15 is 0 Å². The number of rotatable bonds is 5. The van der Waals surface area contributed by atoms with E-state index in [1.165, 1.54) is 0 Å². The Morgan fingerprint density at radius 3 is 3.07 bits per heavy atom. The summed E-state index contributed by atoms with van der Waals surface area (Å²) in [5.74, 6) is -0.528. The van der Waals surface area contributed by atoms with Crippen LogP contribution in [0.4, 0.5) is 0 Å². The summed E-state index contributed by atoms with van der Waals surface area (Å²) in [6.45, 7) is 2.46. The number of nitrogens with one attached hydrogen (secondary N) is 1. The highest BCUT2D eigenvalue weighted by molar-refractivity contribution is 5.72. The summed E-state index contributed by atoms with van der Waals surface area (Å²) in [5.41, 5.74) is 6.38. The number of hydrogen-bond donors (Lipinski definition) is 2. The number of carbonyl (C=O) groups is 1. The molecule has 78 valence electrons. The first-order valence-corrected chi connectivity index (χ1v) is 4.61. The van der Waals surface area contributed by atoms with Crippen LogP contribution in [-0.2, 0) is 16.0 Å². The Morgan fingerprint density at radius 1 is 1.79 bits per heavy atom. The third kappa shape index (κ3) is 2.85. The van der Waals surface area contributed by atoms with E-state index in [-0.39, 0.29) is 18.4 Å². The van der Waals surface area contributed by atoms with E-state index in [1.54, 1.807) is 19.4 Å². The molecule has 1 aromatic heterocycles. The Morgan fingerprint density at radius 2 is 2.57 bits per heavy atom. The second kappa shape index (κ2) is 5.39. The molecule has 0 bridgehead atoms. The number of carbonyl (C=O) groups excluding carboxylic acids is 1. The minimum Gasteiger partial charge on any atom is -0.466 e. The number of nitrogens with zero attached hydrogens (tertiary/aromatic N) is 1. The maximum absolute atomic E-state index is 11.4. The first-order chi connectivity index (χ1) is 6.77. The normalized spacial score (nSPS) is 12.4. The van der Waals surface area contributed by atoms with Crippen LogP contribution in [0.3, 0.4) is 0 Å². The van der Waals surface area contributed by atoms with Crippen LogP contribution in [0.25, 0.3) is 0 Å². The van der Waals surface area contributed by atoms with E-state index in [0.29, 0.717) is 13.0 Å². The smallest absolute Gasteiger partial charge is 0.310 e. The molecule has 5 nitrogen and oxygen atoms in total. The largest absolute Gasteiger partial charge is 0.466 e. The third-order valence-electron chi connectivity index (χ3n) is 1.93. The topological polar surface area (TPSA) is 81.0 Å². The number of nitrogens with two attached hydrogens (primary N) is 1. The Balaban J connectivity index is 2.50. The van der Waals surface area contributed by atoms with E-state index in [2.05, 4.69) is 9.97 Å². The average molecular weight is 197 g/mol. The van der Waals surface area contributed by atoms with Gasteiger partial charge in [0, 0.05) is 24.9 Å². The van der Waals surface area contributed by atoms with Gasteiger partial charge in [0.1, 0.15) is 0 Å². The summed E-state index contributed by atoms with van der Waals surface area (Å²) >= 11 is 0. The molecule has 1 unspecified atom stereocenters. The number of aromatic nitrogens is 2. The zero-order valence-electron chi connectivity index (χ0n) is 8.19. The van der Waals surface area contributed by atoms with Gasteiger partial charge in [-0.1, -0.05) is 0 Å². The van der Waals surface area contributed by atoms with Crippen LogP contribution in [0, 0.1) is 5.92 Å². The molecule has 0 aliphatic rings. The summed E-state index contributed by atoms with van der Waals surface area (Å²) in [7, 11) is 0. The molecule has 5 heteroatoms. The van der Waals surface area contributed by atoms with Crippen LogP contribution < -0.4 is 5.73 Å². The lowest BCUT2D eigenvalue weighted by Gasteiger charge is -2.11. The fourth-order valence-electron chi connectivity index (χ4n) is 1.18. The standard InChI is InChI=1S/C9H15N3O2/c1-2-14-9(13)7(4-10)3-8-5-11-6-12-8/h5-7H,2-4,10H2,1H3,(H,11,12). The quantitative estimate of drug-likeness (QED) is 0.655. The lowest BCUT2D eigenvalue weighted by molar-refractivity contribution is -0.147. The lowest BCUT2D eigenvalue weighted by Crippen LogP contribution is -2.27. The average Bonchev–Trinajstić information content (AvgIpc) is 2.66. The number of ether oxygens (including phenoxy) is 1. The molecule has 0 fully saturated rings. The Bertz CT molecular complexity index is 272. The van der Waals surface area contributed by atoms with Crippen molar-refractivity contribution in [3.05, 3.63) is 18.2 Å². The Labute approximate surface area is 82.7 Å². The molecule has 1 rings (SSSR count). The highest BCUT2D eigenvalue weighted by atomic mass is 16.5. The number of imidazole rings is 1. The molecule has 0 aromatic carbocycles. The zero-order chi connectivity index (χ0) is 10.4. The van der Waals surface area contributed by atoms with Crippen molar-refractivity contribution in [3.63, 3.8) is 0 Å². The predicted molar refractivity (Wildman–Crippen MR) is 51.5 cm³/mol. The number of esters is 1. The molecule has 1 atom stereocenters. The maximum Gasteiger partial charge on any atom is 0.310 e. The summed E-state index contributed by atoms with van der Waals surface area (Å²) in [5, 5.41) is 0. The van der Waals surface area contributed by atoms with Gasteiger partial charge in [-0.05, 0) is 6.92 Å². The minimum atomic E-state index is -0.282. The molecule has 1 heterocycles. The molecule has 0 radical (unpaired) electrons. The first kappa shape index (κ1) is 10.7. The predicted octanol–water partition coefficient (Wildman–Crippen LogP) is 0.0902. The van der Waals surface area contributed by atoms with Crippen molar-refractivity contribution in [1.29, 1.82) is 0 Å². The minimum absolute atomic E-state index is 0.246. The lowest BCUT2D eigenvalue weighted by atomic mass is 10.0. The number of aromatic amines is 1. The van der Waals surface area contributed by atoms with Gasteiger partial charge in [0.2, 0.25) is 0 Å². The number of H-pyrrole nitrogens is 1. The van der Waals surface area contributed by atoms with Crippen molar-refractivity contribution < 1.29 is 9.53 Å². The fraction of sp³-hybridized carbons (Fsp3) is 0.556. The van der Waals surface area contributed by atoms with Gasteiger partial charge in [-0.15, -0.1) is 0 Å². The molecule has 0 aliphatic heterocycles.